The minimum atomic E-state index is 0.166. The zero-order valence-electron chi connectivity index (χ0n) is 11.2. The van der Waals surface area contributed by atoms with E-state index < -0.39 is 0 Å². The average Bonchev–Trinajstić information content (AvgIpc) is 2.27. The lowest BCUT2D eigenvalue weighted by molar-refractivity contribution is 0.218. The van der Waals surface area contributed by atoms with Crippen LogP contribution in [0.2, 0.25) is 0 Å². The summed E-state index contributed by atoms with van der Waals surface area (Å²) in [5, 5.41) is 3.50. The van der Waals surface area contributed by atoms with Crippen LogP contribution in [0.1, 0.15) is 26.3 Å². The summed E-state index contributed by atoms with van der Waals surface area (Å²) in [6.45, 7) is 8.27. The molecule has 3 heteroatoms. The second-order valence-corrected chi connectivity index (χ2v) is 6.26. The number of thioether (sulfide) groups is 1. The lowest BCUT2D eigenvalue weighted by Crippen LogP contribution is -2.35. The van der Waals surface area contributed by atoms with E-state index in [0.29, 0.717) is 0 Å². The first-order valence-electron chi connectivity index (χ1n) is 5.97. The second-order valence-electron chi connectivity index (χ2n) is 5.09. The normalized spacial score (nSPS) is 11.8. The minimum Gasteiger partial charge on any atom is -0.384 e. The zero-order chi connectivity index (χ0) is 12.7. The number of rotatable bonds is 6. The molecule has 0 heterocycles. The maximum absolute atomic E-state index is 5.05. The Kier molecular flexibility index (Phi) is 6.03. The maximum Gasteiger partial charge on any atom is 0.0556 e. The third-order valence-electron chi connectivity index (χ3n) is 2.28. The molecule has 0 aliphatic rings. The Hall–Kier alpha value is -0.510. The van der Waals surface area contributed by atoms with Gasteiger partial charge in [-0.15, -0.1) is 11.8 Å². The molecule has 0 saturated heterocycles. The molecule has 0 spiro atoms. The van der Waals surface area contributed by atoms with E-state index >= 15 is 0 Å². The number of ether oxygens (including phenoxy) is 1. The van der Waals surface area contributed by atoms with E-state index in [0.717, 1.165) is 18.9 Å². The molecule has 2 nitrogen and oxygen atoms in total. The van der Waals surface area contributed by atoms with Gasteiger partial charge in [-0.3, -0.25) is 0 Å². The predicted octanol–water partition coefficient (Wildman–Crippen LogP) is 3.31. The summed E-state index contributed by atoms with van der Waals surface area (Å²) in [6.07, 6.45) is 0. The van der Waals surface area contributed by atoms with Crippen molar-refractivity contribution in [2.45, 2.75) is 37.8 Å². The standard InChI is InChI=1S/C14H23NOS/c1-14(2,3)15-11-12-6-5-7-13(10-12)17-9-8-16-4/h5-7,10,15H,8-9,11H2,1-4H3. The quantitative estimate of drug-likeness (QED) is 0.621. The van der Waals surface area contributed by atoms with Crippen LogP contribution in [0.3, 0.4) is 0 Å². The Morgan fingerprint density at radius 3 is 2.71 bits per heavy atom. The molecule has 1 aromatic carbocycles. The maximum atomic E-state index is 5.05. The summed E-state index contributed by atoms with van der Waals surface area (Å²) < 4.78 is 5.05. The Bertz CT molecular complexity index is 333. The number of hydrogen-bond acceptors (Lipinski definition) is 3. The highest BCUT2D eigenvalue weighted by Crippen LogP contribution is 2.19. The second kappa shape index (κ2) is 7.04. The SMILES string of the molecule is COCCSc1cccc(CNC(C)(C)C)c1. The van der Waals surface area contributed by atoms with E-state index in [4.69, 9.17) is 4.74 Å². The molecule has 0 fully saturated rings. The van der Waals surface area contributed by atoms with Crippen molar-refractivity contribution >= 4 is 11.8 Å². The first kappa shape index (κ1) is 14.6. The third kappa shape index (κ3) is 6.71. The summed E-state index contributed by atoms with van der Waals surface area (Å²) in [6, 6.07) is 8.69. The van der Waals surface area contributed by atoms with Crippen molar-refractivity contribution in [3.63, 3.8) is 0 Å². The van der Waals surface area contributed by atoms with Crippen LogP contribution in [-0.4, -0.2) is 25.0 Å². The van der Waals surface area contributed by atoms with Gasteiger partial charge in [-0.05, 0) is 38.5 Å². The van der Waals surface area contributed by atoms with Gasteiger partial charge in [-0.25, -0.2) is 0 Å². The lowest BCUT2D eigenvalue weighted by Gasteiger charge is -2.20. The molecule has 0 amide bonds. The molecular weight excluding hydrogens is 230 g/mol. The monoisotopic (exact) mass is 253 g/mol. The van der Waals surface area contributed by atoms with Gasteiger partial charge in [0.15, 0.2) is 0 Å². The Morgan fingerprint density at radius 2 is 2.06 bits per heavy atom. The predicted molar refractivity (Wildman–Crippen MR) is 75.6 cm³/mol. The van der Waals surface area contributed by atoms with Gasteiger partial charge in [0.25, 0.3) is 0 Å². The van der Waals surface area contributed by atoms with Crippen LogP contribution in [0, 0.1) is 0 Å². The molecule has 0 aliphatic heterocycles. The van der Waals surface area contributed by atoms with Gasteiger partial charge < -0.3 is 10.1 Å². The van der Waals surface area contributed by atoms with Crippen LogP contribution in [0.5, 0.6) is 0 Å². The number of hydrogen-bond donors (Lipinski definition) is 1. The highest BCUT2D eigenvalue weighted by atomic mass is 32.2. The van der Waals surface area contributed by atoms with E-state index in [1.54, 1.807) is 7.11 Å². The smallest absolute Gasteiger partial charge is 0.0556 e. The third-order valence-corrected chi connectivity index (χ3v) is 3.24. The molecule has 0 unspecified atom stereocenters. The van der Waals surface area contributed by atoms with E-state index in [-0.39, 0.29) is 5.54 Å². The summed E-state index contributed by atoms with van der Waals surface area (Å²) in [4.78, 5) is 1.32. The van der Waals surface area contributed by atoms with Gasteiger partial charge >= 0.3 is 0 Å². The van der Waals surface area contributed by atoms with Crippen LogP contribution in [0.4, 0.5) is 0 Å². The minimum absolute atomic E-state index is 0.166. The number of nitrogens with one attached hydrogen (secondary N) is 1. The lowest BCUT2D eigenvalue weighted by atomic mass is 10.1. The van der Waals surface area contributed by atoms with Crippen LogP contribution in [-0.2, 0) is 11.3 Å². The van der Waals surface area contributed by atoms with Gasteiger partial charge in [0, 0.05) is 29.8 Å². The first-order valence-corrected chi connectivity index (χ1v) is 6.95. The molecule has 1 aromatic rings. The fourth-order valence-corrected chi connectivity index (χ4v) is 2.25. The molecule has 1 rings (SSSR count). The number of benzene rings is 1. The fraction of sp³-hybridized carbons (Fsp3) is 0.571. The van der Waals surface area contributed by atoms with Crippen molar-refractivity contribution < 1.29 is 4.74 Å². The van der Waals surface area contributed by atoms with E-state index in [1.807, 2.05) is 11.8 Å². The van der Waals surface area contributed by atoms with Gasteiger partial charge in [-0.2, -0.15) is 0 Å². The molecule has 0 aromatic heterocycles. The zero-order valence-corrected chi connectivity index (χ0v) is 12.1. The van der Waals surface area contributed by atoms with Gasteiger partial charge in [0.1, 0.15) is 0 Å². The highest BCUT2D eigenvalue weighted by molar-refractivity contribution is 7.99. The number of methoxy groups -OCH3 is 1. The highest BCUT2D eigenvalue weighted by Gasteiger charge is 2.08. The van der Waals surface area contributed by atoms with E-state index in [1.165, 1.54) is 10.5 Å². The van der Waals surface area contributed by atoms with Crippen molar-refractivity contribution in [1.29, 1.82) is 0 Å². The molecule has 0 radical (unpaired) electrons. The molecule has 0 aliphatic carbocycles. The summed E-state index contributed by atoms with van der Waals surface area (Å²) in [5.41, 5.74) is 1.50. The van der Waals surface area contributed by atoms with Gasteiger partial charge in [0.2, 0.25) is 0 Å². The summed E-state index contributed by atoms with van der Waals surface area (Å²) >= 11 is 1.84. The van der Waals surface area contributed by atoms with Crippen LogP contribution in [0.15, 0.2) is 29.2 Å². The van der Waals surface area contributed by atoms with Crippen molar-refractivity contribution in [2.24, 2.45) is 0 Å². The Morgan fingerprint density at radius 1 is 1.29 bits per heavy atom. The molecule has 0 saturated carbocycles. The van der Waals surface area contributed by atoms with Crippen molar-refractivity contribution in [3.05, 3.63) is 29.8 Å². The summed E-state index contributed by atoms with van der Waals surface area (Å²) in [7, 11) is 1.74. The summed E-state index contributed by atoms with van der Waals surface area (Å²) in [5.74, 6) is 1.01. The molecule has 0 bridgehead atoms. The van der Waals surface area contributed by atoms with E-state index in [9.17, 15) is 0 Å². The van der Waals surface area contributed by atoms with Gasteiger partial charge in [0.05, 0.1) is 6.61 Å². The van der Waals surface area contributed by atoms with Crippen LogP contribution < -0.4 is 5.32 Å². The molecule has 1 N–H and O–H groups in total. The fourth-order valence-electron chi connectivity index (χ4n) is 1.36. The largest absolute Gasteiger partial charge is 0.384 e. The first-order chi connectivity index (χ1) is 8.01. The van der Waals surface area contributed by atoms with Crippen molar-refractivity contribution in [3.8, 4) is 0 Å². The topological polar surface area (TPSA) is 21.3 Å². The van der Waals surface area contributed by atoms with Crippen molar-refractivity contribution in [2.75, 3.05) is 19.5 Å². The molecule has 96 valence electrons. The molecule has 0 atom stereocenters. The van der Waals surface area contributed by atoms with Crippen molar-refractivity contribution in [1.82, 2.24) is 5.32 Å². The van der Waals surface area contributed by atoms with E-state index in [2.05, 4.69) is 50.4 Å². The Labute approximate surface area is 109 Å². The van der Waals surface area contributed by atoms with Crippen LogP contribution >= 0.6 is 11.8 Å². The average molecular weight is 253 g/mol. The van der Waals surface area contributed by atoms with Gasteiger partial charge in [-0.1, -0.05) is 12.1 Å². The molecular formula is C14H23NOS. The Balaban J connectivity index is 2.48. The molecule has 17 heavy (non-hydrogen) atoms. The van der Waals surface area contributed by atoms with Crippen LogP contribution in [0.25, 0.3) is 0 Å².